The van der Waals surface area contributed by atoms with Gasteiger partial charge < -0.3 is 15.1 Å². The van der Waals surface area contributed by atoms with Gasteiger partial charge in [-0.05, 0) is 61.3 Å². The van der Waals surface area contributed by atoms with E-state index >= 15 is 0 Å². The number of rotatable bonds is 8. The Morgan fingerprint density at radius 1 is 1.36 bits per heavy atom. The number of carbonyl (C=O) groups excluding carboxylic acids is 1. The van der Waals surface area contributed by atoms with E-state index in [1.807, 2.05) is 42.2 Å². The maximum Gasteiger partial charge on any atom is 0.253 e. The van der Waals surface area contributed by atoms with E-state index in [1.165, 1.54) is 6.33 Å². The van der Waals surface area contributed by atoms with Crippen LogP contribution in [0.4, 0.5) is 0 Å². The Labute approximate surface area is 210 Å². The van der Waals surface area contributed by atoms with Crippen molar-refractivity contribution < 1.29 is 9.21 Å². The first kappa shape index (κ1) is 23.7. The summed E-state index contributed by atoms with van der Waals surface area (Å²) in [5.41, 5.74) is 8.63. The van der Waals surface area contributed by atoms with Crippen LogP contribution in [0, 0.1) is 11.3 Å². The van der Waals surface area contributed by atoms with Crippen molar-refractivity contribution in [2.45, 2.75) is 32.7 Å². The highest BCUT2D eigenvalue weighted by molar-refractivity contribution is 5.98. The lowest BCUT2D eigenvalue weighted by Gasteiger charge is -2.33. The maximum absolute atomic E-state index is 13.3. The van der Waals surface area contributed by atoms with Crippen LogP contribution in [0.25, 0.3) is 11.0 Å². The van der Waals surface area contributed by atoms with Crippen molar-refractivity contribution in [2.24, 2.45) is 22.1 Å². The van der Waals surface area contributed by atoms with Gasteiger partial charge in [-0.2, -0.15) is 5.10 Å². The quantitative estimate of drug-likeness (QED) is 0.226. The van der Waals surface area contributed by atoms with Gasteiger partial charge in [0.05, 0.1) is 12.7 Å². The van der Waals surface area contributed by atoms with Crippen LogP contribution >= 0.6 is 0 Å². The van der Waals surface area contributed by atoms with Crippen molar-refractivity contribution >= 4 is 22.7 Å². The van der Waals surface area contributed by atoms with Crippen LogP contribution in [0.2, 0.25) is 0 Å². The summed E-state index contributed by atoms with van der Waals surface area (Å²) in [7, 11) is 0. The highest BCUT2D eigenvalue weighted by atomic mass is 16.3. The lowest BCUT2D eigenvalue weighted by molar-refractivity contribution is -0.128. The molecule has 2 N–H and O–H groups in total. The molecule has 0 radical (unpaired) electrons. The minimum atomic E-state index is 0.0431. The van der Waals surface area contributed by atoms with Crippen LogP contribution in [-0.4, -0.2) is 56.0 Å². The van der Waals surface area contributed by atoms with Crippen molar-refractivity contribution in [2.75, 3.05) is 19.6 Å². The number of pyridine rings is 1. The predicted octanol–water partition coefficient (Wildman–Crippen LogP) is 3.51. The highest BCUT2D eigenvalue weighted by Crippen LogP contribution is 2.59. The van der Waals surface area contributed by atoms with Gasteiger partial charge in [0.15, 0.2) is 17.2 Å². The normalized spacial score (nSPS) is 19.9. The van der Waals surface area contributed by atoms with Gasteiger partial charge in [0.1, 0.15) is 12.7 Å². The molecule has 2 fully saturated rings. The number of carbonyl (C=O) groups is 1. The molecule has 0 aromatic carbocycles. The van der Waals surface area contributed by atoms with Crippen molar-refractivity contribution in [3.05, 3.63) is 78.9 Å². The smallest absolute Gasteiger partial charge is 0.253 e. The minimum absolute atomic E-state index is 0.0431. The molecule has 3 aromatic rings. The molecule has 1 saturated carbocycles. The van der Waals surface area contributed by atoms with Gasteiger partial charge >= 0.3 is 0 Å². The number of amides is 1. The number of allylic oxidation sites excluding steroid dienone is 3. The Hall–Kier alpha value is -4.01. The zero-order chi connectivity index (χ0) is 25.1. The number of piperidine rings is 1. The van der Waals surface area contributed by atoms with E-state index in [-0.39, 0.29) is 11.3 Å². The first-order valence-electron chi connectivity index (χ1n) is 12.3. The lowest BCUT2D eigenvalue weighted by Crippen LogP contribution is -2.40. The SMILES string of the molecule is C=C(C=C(C=CC)C(=O)N1CCC2(CC1)CC2CN=C(N)c1cc2ccncc2o1)Cn1cncn1. The van der Waals surface area contributed by atoms with Crippen LogP contribution in [-0.2, 0) is 11.3 Å². The van der Waals surface area contributed by atoms with Crippen LogP contribution in [0.5, 0.6) is 0 Å². The number of hydrogen-bond donors (Lipinski definition) is 1. The third-order valence-corrected chi connectivity index (χ3v) is 7.25. The number of fused-ring (bicyclic) bond motifs is 1. The molecule has 1 spiro atoms. The summed E-state index contributed by atoms with van der Waals surface area (Å²) in [5, 5.41) is 5.07. The third-order valence-electron chi connectivity index (χ3n) is 7.25. The molecule has 36 heavy (non-hydrogen) atoms. The second-order valence-electron chi connectivity index (χ2n) is 9.66. The molecule has 3 aromatic heterocycles. The first-order valence-corrected chi connectivity index (χ1v) is 12.3. The maximum atomic E-state index is 13.3. The molecule has 1 amide bonds. The fourth-order valence-electron chi connectivity index (χ4n) is 5.09. The Balaban J connectivity index is 1.16. The molecule has 1 unspecified atom stereocenters. The molecule has 1 saturated heterocycles. The number of hydrogen-bond acceptors (Lipinski definition) is 6. The summed E-state index contributed by atoms with van der Waals surface area (Å²) >= 11 is 0. The van der Waals surface area contributed by atoms with Crippen molar-refractivity contribution in [1.82, 2.24) is 24.6 Å². The molecule has 9 nitrogen and oxygen atoms in total. The fourth-order valence-corrected chi connectivity index (χ4v) is 5.09. The Bertz CT molecular complexity index is 1310. The number of furan rings is 1. The highest BCUT2D eigenvalue weighted by Gasteiger charge is 2.54. The average molecular weight is 486 g/mol. The van der Waals surface area contributed by atoms with E-state index in [9.17, 15) is 4.79 Å². The minimum Gasteiger partial charge on any atom is -0.451 e. The van der Waals surface area contributed by atoms with Crippen LogP contribution in [0.3, 0.4) is 0 Å². The van der Waals surface area contributed by atoms with Gasteiger partial charge in [0, 0.05) is 36.8 Å². The molecule has 1 aliphatic carbocycles. The molecule has 0 bridgehead atoms. The van der Waals surface area contributed by atoms with Crippen LogP contribution in [0.1, 0.15) is 31.9 Å². The summed E-state index contributed by atoms with van der Waals surface area (Å²) in [5.74, 6) is 1.55. The molecular formula is C27H31N7O2. The molecule has 9 heteroatoms. The molecular weight excluding hydrogens is 454 g/mol. The lowest BCUT2D eigenvalue weighted by atomic mass is 9.90. The zero-order valence-electron chi connectivity index (χ0n) is 20.5. The second-order valence-corrected chi connectivity index (χ2v) is 9.66. The summed E-state index contributed by atoms with van der Waals surface area (Å²) in [6.45, 7) is 8.67. The van der Waals surface area contributed by atoms with Crippen LogP contribution in [0.15, 0.2) is 82.5 Å². The first-order chi connectivity index (χ1) is 17.5. The zero-order valence-corrected chi connectivity index (χ0v) is 20.5. The second kappa shape index (κ2) is 9.93. The fraction of sp³-hybridized carbons (Fsp3) is 0.370. The topological polar surface area (TPSA) is 115 Å². The van der Waals surface area contributed by atoms with Gasteiger partial charge in [0.2, 0.25) is 0 Å². The summed E-state index contributed by atoms with van der Waals surface area (Å²) in [6, 6.07) is 3.79. The number of nitrogens with zero attached hydrogens (tertiary/aromatic N) is 6. The predicted molar refractivity (Wildman–Crippen MR) is 138 cm³/mol. The number of nitrogens with two attached hydrogens (primary N) is 1. The van der Waals surface area contributed by atoms with E-state index in [0.29, 0.717) is 41.8 Å². The van der Waals surface area contributed by atoms with Gasteiger partial charge in [-0.15, -0.1) is 0 Å². The van der Waals surface area contributed by atoms with Crippen molar-refractivity contribution in [1.29, 1.82) is 0 Å². The van der Waals surface area contributed by atoms with E-state index in [0.717, 1.165) is 43.3 Å². The Morgan fingerprint density at radius 3 is 2.92 bits per heavy atom. The number of amidine groups is 1. The Kier molecular flexibility index (Phi) is 6.54. The van der Waals surface area contributed by atoms with E-state index in [2.05, 4.69) is 26.6 Å². The molecule has 5 rings (SSSR count). The van der Waals surface area contributed by atoms with Gasteiger partial charge in [0.25, 0.3) is 5.91 Å². The molecule has 1 atom stereocenters. The van der Waals surface area contributed by atoms with Crippen molar-refractivity contribution in [3.8, 4) is 0 Å². The third kappa shape index (κ3) is 5.00. The number of likely N-dealkylation sites (tertiary alicyclic amines) is 1. The largest absolute Gasteiger partial charge is 0.451 e. The van der Waals surface area contributed by atoms with Gasteiger partial charge in [-0.3, -0.25) is 14.8 Å². The number of aliphatic imine (C=N–C) groups is 1. The molecule has 4 heterocycles. The van der Waals surface area contributed by atoms with E-state index in [1.54, 1.807) is 23.4 Å². The summed E-state index contributed by atoms with van der Waals surface area (Å²) < 4.78 is 7.46. The standard InChI is InChI=1S/C27H31N7O2/c1-3-4-21(11-19(2)16-34-18-30-17-32-34)26(35)33-9-6-27(7-10-33)13-22(27)14-31-25(28)23-12-20-5-8-29-15-24(20)36-23/h3-5,8,11-12,15,17-18,22H,2,6-7,9-10,13-14,16H2,1H3,(H2,28,31). The van der Waals surface area contributed by atoms with Gasteiger partial charge in [-0.1, -0.05) is 18.7 Å². The molecule has 2 aliphatic rings. The monoisotopic (exact) mass is 485 g/mol. The van der Waals surface area contributed by atoms with Crippen LogP contribution < -0.4 is 5.73 Å². The molecule has 186 valence electrons. The van der Waals surface area contributed by atoms with Crippen molar-refractivity contribution in [3.63, 3.8) is 0 Å². The number of aromatic nitrogens is 4. The summed E-state index contributed by atoms with van der Waals surface area (Å²) in [4.78, 5) is 27.9. The van der Waals surface area contributed by atoms with Gasteiger partial charge in [-0.25, -0.2) is 9.67 Å². The molecule has 1 aliphatic heterocycles. The van der Waals surface area contributed by atoms with E-state index < -0.39 is 0 Å². The van der Waals surface area contributed by atoms with E-state index in [4.69, 9.17) is 10.2 Å². The Morgan fingerprint density at radius 2 is 2.19 bits per heavy atom. The summed E-state index contributed by atoms with van der Waals surface area (Å²) in [6.07, 6.45) is 15.2. The average Bonchev–Trinajstić information content (AvgIpc) is 3.23.